The predicted octanol–water partition coefficient (Wildman–Crippen LogP) is 19.6. The van der Waals surface area contributed by atoms with E-state index in [9.17, 15) is 0 Å². The molecule has 340 valence electrons. The number of nitrogens with zero attached hydrogens (tertiary/aromatic N) is 3. The van der Waals surface area contributed by atoms with Crippen LogP contribution >= 0.6 is 0 Å². The average molecular weight is 864 g/mol. The van der Waals surface area contributed by atoms with Gasteiger partial charge >= 0.3 is 0 Å². The van der Waals surface area contributed by atoms with Gasteiger partial charge in [-0.05, 0) is 115 Å². The molecule has 8 aromatic rings. The van der Waals surface area contributed by atoms with Crippen LogP contribution < -0.4 is 0 Å². The van der Waals surface area contributed by atoms with Crippen molar-refractivity contribution in [2.45, 2.75) is 90.0 Å². The van der Waals surface area contributed by atoms with Crippen LogP contribution in [0.25, 0.3) is 66.1 Å². The van der Waals surface area contributed by atoms with E-state index in [4.69, 9.17) is 0 Å². The van der Waals surface area contributed by atoms with Crippen molar-refractivity contribution >= 4 is 43.5 Å². The Labute approximate surface area is 393 Å². The minimum absolute atomic E-state index is 0.986. The molecule has 0 fully saturated rings. The molecule has 65 heavy (non-hydrogen) atoms. The van der Waals surface area contributed by atoms with Crippen molar-refractivity contribution < 1.29 is 0 Å². The summed E-state index contributed by atoms with van der Waals surface area (Å²) >= 11 is 0. The molecule has 0 unspecified atom stereocenters. The largest absolute Gasteiger partial charge is 0.317 e. The summed E-state index contributed by atoms with van der Waals surface area (Å²) in [6, 6.07) is 45.5. The Kier molecular flexibility index (Phi) is 28.9. The predicted molar refractivity (Wildman–Crippen MR) is 297 cm³/mol. The van der Waals surface area contributed by atoms with Crippen molar-refractivity contribution in [1.82, 2.24) is 14.1 Å². The van der Waals surface area contributed by atoms with E-state index in [1.165, 1.54) is 54.7 Å². The maximum absolute atomic E-state index is 4.49. The summed E-state index contributed by atoms with van der Waals surface area (Å²) in [4.78, 5) is 4.49. The summed E-state index contributed by atoms with van der Waals surface area (Å²) < 4.78 is 4.68. The van der Waals surface area contributed by atoms with E-state index < -0.39 is 0 Å². The fourth-order valence-electron chi connectivity index (χ4n) is 6.37. The smallest absolute Gasteiger partial charge is 0.0701 e. The molecule has 0 radical (unpaired) electrons. The zero-order valence-corrected chi connectivity index (χ0v) is 41.9. The third-order valence-electron chi connectivity index (χ3n) is 9.19. The number of hydrogen-bond acceptors (Lipinski definition) is 1. The first-order chi connectivity index (χ1) is 31.9. The number of hydrogen-bond donors (Lipinski definition) is 0. The van der Waals surface area contributed by atoms with E-state index in [0.29, 0.717) is 0 Å². The topological polar surface area (TPSA) is 22.8 Å². The Morgan fingerprint density at radius 2 is 1.08 bits per heavy atom. The van der Waals surface area contributed by atoms with Crippen LogP contribution in [-0.2, 0) is 0 Å². The molecule has 0 aliphatic heterocycles. The van der Waals surface area contributed by atoms with Crippen LogP contribution in [0.3, 0.4) is 0 Å². The highest BCUT2D eigenvalue weighted by molar-refractivity contribution is 6.20. The molecule has 3 aromatic heterocycles. The first kappa shape index (κ1) is 56.0. The van der Waals surface area contributed by atoms with Crippen LogP contribution in [0.2, 0.25) is 0 Å². The van der Waals surface area contributed by atoms with Crippen LogP contribution in [0.5, 0.6) is 0 Å². The van der Waals surface area contributed by atoms with E-state index in [1.54, 1.807) is 12.2 Å². The Morgan fingerprint density at radius 3 is 1.58 bits per heavy atom. The van der Waals surface area contributed by atoms with Crippen LogP contribution in [0, 0.1) is 0 Å². The third-order valence-corrected chi connectivity index (χ3v) is 9.19. The van der Waals surface area contributed by atoms with E-state index >= 15 is 0 Å². The number of fused-ring (bicyclic) bond motifs is 6. The molecule has 0 N–H and O–H groups in total. The lowest BCUT2D eigenvalue weighted by atomic mass is 10.0. The van der Waals surface area contributed by atoms with Gasteiger partial charge < -0.3 is 9.13 Å². The first-order valence-electron chi connectivity index (χ1n) is 23.2. The molecule has 0 amide bonds. The zero-order valence-electron chi connectivity index (χ0n) is 41.9. The third kappa shape index (κ3) is 16.9. The van der Waals surface area contributed by atoms with Crippen LogP contribution in [0.15, 0.2) is 225 Å². The minimum atomic E-state index is 0.986. The van der Waals surface area contributed by atoms with Crippen LogP contribution in [-0.4, -0.2) is 14.1 Å². The number of aromatic nitrogens is 3. The van der Waals surface area contributed by atoms with Gasteiger partial charge in [0.1, 0.15) is 0 Å². The van der Waals surface area contributed by atoms with Gasteiger partial charge in [0.05, 0.1) is 22.2 Å². The first-order valence-corrected chi connectivity index (χ1v) is 23.2. The maximum Gasteiger partial charge on any atom is 0.0701 e. The Morgan fingerprint density at radius 1 is 0.492 bits per heavy atom. The second-order valence-corrected chi connectivity index (χ2v) is 13.7. The van der Waals surface area contributed by atoms with E-state index in [1.807, 2.05) is 149 Å². The lowest BCUT2D eigenvalue weighted by Gasteiger charge is -2.11. The highest BCUT2D eigenvalue weighted by Crippen LogP contribution is 2.38. The molecule has 0 spiro atoms. The molecule has 5 aromatic carbocycles. The van der Waals surface area contributed by atoms with Crippen LogP contribution in [0.4, 0.5) is 0 Å². The normalized spacial score (nSPS) is 10.1. The molecule has 8 rings (SSSR count). The molecule has 0 saturated heterocycles. The maximum atomic E-state index is 4.49. The number of para-hydroxylation sites is 2. The molecule has 0 aliphatic carbocycles. The molecule has 0 saturated carbocycles. The fraction of sp³-hybridized carbons (Fsp3) is 0.210. The molecule has 0 aliphatic rings. The highest BCUT2D eigenvalue weighted by atomic mass is 15.0. The molecular formula is C62H77N3. The summed E-state index contributed by atoms with van der Waals surface area (Å²) in [6.45, 7) is 33.0. The van der Waals surface area contributed by atoms with Gasteiger partial charge in [-0.25, -0.2) is 0 Å². The zero-order chi connectivity index (χ0) is 48.4. The van der Waals surface area contributed by atoms with Crippen molar-refractivity contribution in [2.75, 3.05) is 0 Å². The van der Waals surface area contributed by atoms with E-state index in [0.717, 1.165) is 16.9 Å². The number of rotatable bonds is 6. The molecular weight excluding hydrogens is 787 g/mol. The van der Waals surface area contributed by atoms with Crippen LogP contribution in [0.1, 0.15) is 90.0 Å². The van der Waals surface area contributed by atoms with Gasteiger partial charge in [-0.1, -0.05) is 194 Å². The second kappa shape index (κ2) is 33.6. The summed E-state index contributed by atoms with van der Waals surface area (Å²) in [5, 5.41) is 6.27. The monoisotopic (exact) mass is 864 g/mol. The summed E-state index contributed by atoms with van der Waals surface area (Å²) in [5.74, 6) is 0. The Hall–Kier alpha value is -6.97. The second-order valence-electron chi connectivity index (χ2n) is 13.7. The lowest BCUT2D eigenvalue weighted by Crippen LogP contribution is -1.94. The van der Waals surface area contributed by atoms with Crippen molar-refractivity contribution in [1.29, 1.82) is 0 Å². The fourth-order valence-corrected chi connectivity index (χ4v) is 6.37. The number of benzene rings is 5. The van der Waals surface area contributed by atoms with Crippen molar-refractivity contribution in [2.24, 2.45) is 0 Å². The Balaban J connectivity index is 0.000000650. The molecule has 0 atom stereocenters. The van der Waals surface area contributed by atoms with Gasteiger partial charge in [-0.3, -0.25) is 4.98 Å². The Bertz CT molecular complexity index is 2650. The number of pyridine rings is 1. The van der Waals surface area contributed by atoms with E-state index in [-0.39, 0.29) is 0 Å². The molecule has 3 heterocycles. The van der Waals surface area contributed by atoms with Crippen molar-refractivity contribution in [3.8, 4) is 22.6 Å². The highest BCUT2D eigenvalue weighted by Gasteiger charge is 2.16. The van der Waals surface area contributed by atoms with E-state index in [2.05, 4.69) is 163 Å². The molecule has 3 heteroatoms. The van der Waals surface area contributed by atoms with Gasteiger partial charge in [0.2, 0.25) is 0 Å². The van der Waals surface area contributed by atoms with Gasteiger partial charge in [0.15, 0.2) is 0 Å². The lowest BCUT2D eigenvalue weighted by molar-refractivity contribution is 1.13. The van der Waals surface area contributed by atoms with Crippen molar-refractivity contribution in [3.05, 3.63) is 225 Å². The summed E-state index contributed by atoms with van der Waals surface area (Å²) in [7, 11) is 0. The summed E-state index contributed by atoms with van der Waals surface area (Å²) in [5.41, 5.74) is 9.45. The van der Waals surface area contributed by atoms with Gasteiger partial charge in [-0.2, -0.15) is 0 Å². The molecule has 0 bridgehead atoms. The standard InChI is InChI=1S/C35H23N3.C7H12.2C5H8.C4H8.3C2H6/c1-2-8-28(9-3-1)38-33-12-5-4-10-29(33)30-18-15-25-23-34-26(22-31(25)35(30)38)19-21-37(34)27-16-13-24(14-17-27)32-11-6-7-20-36-32;1-4-5-6-7(2)3;2*1-3-5-4-2;1-3-4-2;3*1-2/h1-23H;4-6H,1-3H3;2*3-5H,1H2,2H3;3-4H,1-2H3;3*1-2H3/b;3*5-4-;4-3-;;;. The number of allylic oxidation sites excluding steroid dienone is 12. The average Bonchev–Trinajstić information content (AvgIpc) is 3.95. The quantitative estimate of drug-likeness (QED) is 0.121. The van der Waals surface area contributed by atoms with Gasteiger partial charge in [0.25, 0.3) is 0 Å². The van der Waals surface area contributed by atoms with Crippen molar-refractivity contribution in [3.63, 3.8) is 0 Å². The minimum Gasteiger partial charge on any atom is -0.317 e. The van der Waals surface area contributed by atoms with Gasteiger partial charge in [-0.15, -0.1) is 0 Å². The SMILES string of the molecule is C/C=C\C.C/C=C\C=C(C)C.C=C/C=C\C.C=C/C=C\C.CC.CC.CC.c1ccc(-n2c3ccccc3c3ccc4cc5c(ccn5-c5ccc(-c6ccccn6)cc5)cc4c32)cc1. The van der Waals surface area contributed by atoms with Gasteiger partial charge in [0, 0.05) is 50.9 Å². The summed E-state index contributed by atoms with van der Waals surface area (Å²) in [6.07, 6.45) is 25.3. The molecule has 3 nitrogen and oxygen atoms in total.